The lowest BCUT2D eigenvalue weighted by molar-refractivity contribution is -0.127. The molecule has 0 bridgehead atoms. The summed E-state index contributed by atoms with van der Waals surface area (Å²) >= 11 is 0. The standard InChI is InChI=1S/C23H31N5O4/c1-13(2)24-21(31)18-19-22(32)27-26-20(23(18,19)3)15-8-4-5-9-16(15)25-17(30)11-28-10-6-7-14(28)12-29/h4-5,8-9,13-14,18-19,29H,6-7,10-12H2,1-3H3,(H,24,31)(H,25,30)(H,27,32)/t14-,18-,19+,23+/m0/s1. The molecule has 1 aromatic carbocycles. The summed E-state index contributed by atoms with van der Waals surface area (Å²) in [5, 5.41) is 19.7. The molecule has 2 heterocycles. The first kappa shape index (κ1) is 22.4. The van der Waals surface area contributed by atoms with Gasteiger partial charge in [0.15, 0.2) is 0 Å². The van der Waals surface area contributed by atoms with Crippen LogP contribution in [0.15, 0.2) is 29.4 Å². The highest BCUT2D eigenvalue weighted by Crippen LogP contribution is 2.62. The Kier molecular flexibility index (Phi) is 6.05. The Morgan fingerprint density at radius 2 is 2.09 bits per heavy atom. The van der Waals surface area contributed by atoms with Gasteiger partial charge in [-0.1, -0.05) is 25.1 Å². The second-order valence-corrected chi connectivity index (χ2v) is 9.38. The van der Waals surface area contributed by atoms with Crippen molar-refractivity contribution in [3.63, 3.8) is 0 Å². The number of nitrogens with zero attached hydrogens (tertiary/aromatic N) is 2. The largest absolute Gasteiger partial charge is 0.395 e. The van der Waals surface area contributed by atoms with E-state index in [4.69, 9.17) is 0 Å². The number of hydrogen-bond acceptors (Lipinski definition) is 6. The molecule has 9 nitrogen and oxygen atoms in total. The summed E-state index contributed by atoms with van der Waals surface area (Å²) in [5.41, 5.74) is 3.69. The van der Waals surface area contributed by atoms with Crippen LogP contribution in [-0.4, -0.2) is 65.2 Å². The van der Waals surface area contributed by atoms with Crippen LogP contribution < -0.4 is 16.1 Å². The minimum absolute atomic E-state index is 0.0142. The highest BCUT2D eigenvalue weighted by Gasteiger charge is 2.72. The molecule has 2 fully saturated rings. The van der Waals surface area contributed by atoms with Gasteiger partial charge in [0.1, 0.15) is 0 Å². The zero-order valence-corrected chi connectivity index (χ0v) is 18.7. The van der Waals surface area contributed by atoms with Crippen molar-refractivity contribution < 1.29 is 19.5 Å². The van der Waals surface area contributed by atoms with Crippen molar-refractivity contribution in [2.45, 2.75) is 45.7 Å². The number of carbonyl (C=O) groups is 3. The molecule has 4 rings (SSSR count). The lowest BCUT2D eigenvalue weighted by atomic mass is 9.89. The number of aliphatic hydroxyl groups excluding tert-OH is 1. The van der Waals surface area contributed by atoms with E-state index in [1.165, 1.54) is 0 Å². The highest BCUT2D eigenvalue weighted by atomic mass is 16.3. The number of hydrogen-bond donors (Lipinski definition) is 4. The molecule has 9 heteroatoms. The molecule has 32 heavy (non-hydrogen) atoms. The Hall–Kier alpha value is -2.78. The molecule has 4 atom stereocenters. The van der Waals surface area contributed by atoms with Crippen LogP contribution in [0.2, 0.25) is 0 Å². The number of nitrogens with one attached hydrogen (secondary N) is 3. The third kappa shape index (κ3) is 3.91. The maximum atomic E-state index is 12.8. The van der Waals surface area contributed by atoms with E-state index in [9.17, 15) is 19.5 Å². The Morgan fingerprint density at radius 1 is 1.34 bits per heavy atom. The molecule has 0 aromatic heterocycles. The van der Waals surface area contributed by atoms with Gasteiger partial charge < -0.3 is 15.7 Å². The van der Waals surface area contributed by atoms with Crippen LogP contribution >= 0.6 is 0 Å². The average molecular weight is 442 g/mol. The first-order valence-electron chi connectivity index (χ1n) is 11.2. The van der Waals surface area contributed by atoms with E-state index >= 15 is 0 Å². The van der Waals surface area contributed by atoms with Gasteiger partial charge in [-0.2, -0.15) is 5.10 Å². The van der Waals surface area contributed by atoms with Crippen molar-refractivity contribution in [3.8, 4) is 0 Å². The van der Waals surface area contributed by atoms with Gasteiger partial charge >= 0.3 is 0 Å². The molecule has 1 saturated heterocycles. The van der Waals surface area contributed by atoms with E-state index in [1.54, 1.807) is 6.07 Å². The summed E-state index contributed by atoms with van der Waals surface area (Å²) in [6, 6.07) is 7.29. The zero-order valence-electron chi connectivity index (χ0n) is 18.7. The molecule has 3 aliphatic rings. The number of benzene rings is 1. The molecular weight excluding hydrogens is 410 g/mol. The van der Waals surface area contributed by atoms with Gasteiger partial charge in [-0.3, -0.25) is 19.3 Å². The Morgan fingerprint density at radius 3 is 2.81 bits per heavy atom. The number of likely N-dealkylation sites (tertiary alicyclic amines) is 1. The van der Waals surface area contributed by atoms with Crippen molar-refractivity contribution in [1.82, 2.24) is 15.6 Å². The summed E-state index contributed by atoms with van der Waals surface area (Å²) in [5.74, 6) is -1.60. The Bertz CT molecular complexity index is 961. The number of rotatable bonds is 7. The summed E-state index contributed by atoms with van der Waals surface area (Å²) in [4.78, 5) is 40.0. The van der Waals surface area contributed by atoms with E-state index < -0.39 is 17.3 Å². The molecule has 1 saturated carbocycles. The number of fused-ring (bicyclic) bond motifs is 1. The van der Waals surface area contributed by atoms with E-state index in [-0.39, 0.29) is 43.0 Å². The van der Waals surface area contributed by atoms with Crippen LogP contribution in [0, 0.1) is 17.3 Å². The number of para-hydroxylation sites is 1. The van der Waals surface area contributed by atoms with Crippen molar-refractivity contribution >= 4 is 29.1 Å². The van der Waals surface area contributed by atoms with E-state index in [1.807, 2.05) is 43.9 Å². The predicted molar refractivity (Wildman–Crippen MR) is 120 cm³/mol. The van der Waals surface area contributed by atoms with Crippen LogP contribution in [0.25, 0.3) is 0 Å². The van der Waals surface area contributed by atoms with Gasteiger partial charge in [-0.25, -0.2) is 5.43 Å². The van der Waals surface area contributed by atoms with Crippen LogP contribution in [0.5, 0.6) is 0 Å². The molecule has 0 unspecified atom stereocenters. The molecule has 3 amide bonds. The van der Waals surface area contributed by atoms with Crippen molar-refractivity contribution in [2.75, 3.05) is 25.0 Å². The molecule has 4 N–H and O–H groups in total. The molecule has 0 radical (unpaired) electrons. The van der Waals surface area contributed by atoms with Gasteiger partial charge in [0.2, 0.25) is 17.7 Å². The zero-order chi connectivity index (χ0) is 23.0. The van der Waals surface area contributed by atoms with Crippen LogP contribution in [-0.2, 0) is 14.4 Å². The fraction of sp³-hybridized carbons (Fsp3) is 0.565. The van der Waals surface area contributed by atoms with Gasteiger partial charge in [0.05, 0.1) is 30.7 Å². The quantitative estimate of drug-likeness (QED) is 0.496. The van der Waals surface area contributed by atoms with Crippen molar-refractivity contribution in [1.29, 1.82) is 0 Å². The number of hydrazone groups is 1. The Labute approximate surface area is 187 Å². The SMILES string of the molecule is CC(C)NC(=O)[C@@H]1[C@@H]2C(=O)NN=C(c3ccccc3NC(=O)CN3CCC[C@H]3CO)[C@]12C. The lowest BCUT2D eigenvalue weighted by Crippen LogP contribution is -2.39. The first-order chi connectivity index (χ1) is 15.3. The molecule has 1 aromatic rings. The summed E-state index contributed by atoms with van der Waals surface area (Å²) in [7, 11) is 0. The van der Waals surface area contributed by atoms with E-state index in [0.29, 0.717) is 17.0 Å². The fourth-order valence-corrected chi connectivity index (χ4v) is 5.16. The van der Waals surface area contributed by atoms with Crippen molar-refractivity contribution in [2.24, 2.45) is 22.4 Å². The second kappa shape index (κ2) is 8.63. The topological polar surface area (TPSA) is 123 Å². The maximum absolute atomic E-state index is 12.8. The van der Waals surface area contributed by atoms with Gasteiger partial charge in [0.25, 0.3) is 0 Å². The Balaban J connectivity index is 1.56. The average Bonchev–Trinajstić information content (AvgIpc) is 3.16. The third-order valence-corrected chi connectivity index (χ3v) is 6.81. The monoisotopic (exact) mass is 441 g/mol. The second-order valence-electron chi connectivity index (χ2n) is 9.38. The fourth-order valence-electron chi connectivity index (χ4n) is 5.16. The smallest absolute Gasteiger partial charge is 0.245 e. The first-order valence-corrected chi connectivity index (χ1v) is 11.2. The molecular formula is C23H31N5O4. The normalized spacial score (nSPS) is 29.2. The van der Waals surface area contributed by atoms with Crippen LogP contribution in [0.4, 0.5) is 5.69 Å². The van der Waals surface area contributed by atoms with Gasteiger partial charge in [-0.05, 0) is 39.3 Å². The maximum Gasteiger partial charge on any atom is 0.245 e. The summed E-state index contributed by atoms with van der Waals surface area (Å²) in [6.07, 6.45) is 1.85. The highest BCUT2D eigenvalue weighted by molar-refractivity contribution is 6.19. The number of amides is 3. The lowest BCUT2D eigenvalue weighted by Gasteiger charge is -2.24. The predicted octanol–water partition coefficient (Wildman–Crippen LogP) is 0.693. The molecule has 1 aliphatic carbocycles. The molecule has 0 spiro atoms. The third-order valence-electron chi connectivity index (χ3n) is 6.81. The van der Waals surface area contributed by atoms with Gasteiger partial charge in [0, 0.05) is 28.7 Å². The minimum atomic E-state index is -0.737. The van der Waals surface area contributed by atoms with Crippen molar-refractivity contribution in [3.05, 3.63) is 29.8 Å². The van der Waals surface area contributed by atoms with Crippen LogP contribution in [0.3, 0.4) is 0 Å². The minimum Gasteiger partial charge on any atom is -0.395 e. The van der Waals surface area contributed by atoms with Crippen LogP contribution in [0.1, 0.15) is 39.2 Å². The summed E-state index contributed by atoms with van der Waals surface area (Å²) < 4.78 is 0. The number of carbonyl (C=O) groups excluding carboxylic acids is 3. The van der Waals surface area contributed by atoms with E-state index in [2.05, 4.69) is 21.2 Å². The number of anilines is 1. The van der Waals surface area contributed by atoms with E-state index in [0.717, 1.165) is 19.4 Å². The number of aliphatic hydroxyl groups is 1. The summed E-state index contributed by atoms with van der Waals surface area (Å²) in [6.45, 7) is 6.67. The van der Waals surface area contributed by atoms with Gasteiger partial charge in [-0.15, -0.1) is 0 Å². The molecule has 172 valence electrons. The molecule has 2 aliphatic heterocycles.